The number of fused-ring (bicyclic) bond motifs is 1. The molecule has 6 nitrogen and oxygen atoms in total. The van der Waals surface area contributed by atoms with Gasteiger partial charge in [-0.3, -0.25) is 14.4 Å². The van der Waals surface area contributed by atoms with Gasteiger partial charge in [-0.15, -0.1) is 11.8 Å². The van der Waals surface area contributed by atoms with E-state index in [1.54, 1.807) is 36.4 Å². The smallest absolute Gasteiger partial charge is 0.272 e. The van der Waals surface area contributed by atoms with Crippen LogP contribution in [-0.2, 0) is 9.59 Å². The highest BCUT2D eigenvalue weighted by Gasteiger charge is 2.23. The topological polar surface area (TPSA) is 87.3 Å². The van der Waals surface area contributed by atoms with Crippen molar-refractivity contribution in [2.45, 2.75) is 17.1 Å². The predicted molar refractivity (Wildman–Crippen MR) is 196 cm³/mol. The fourth-order valence-corrected chi connectivity index (χ4v) is 6.37. The monoisotopic (exact) mass is 647 g/mol. The average molecular weight is 648 g/mol. The van der Waals surface area contributed by atoms with Crippen LogP contribution in [0, 0.1) is 6.92 Å². The van der Waals surface area contributed by atoms with Crippen molar-refractivity contribution in [1.82, 2.24) is 5.32 Å². The van der Waals surface area contributed by atoms with E-state index in [1.165, 1.54) is 11.8 Å². The van der Waals surface area contributed by atoms with Crippen LogP contribution < -0.4 is 16.0 Å². The first kappa shape index (κ1) is 32.0. The fourth-order valence-electron chi connectivity index (χ4n) is 5.28. The van der Waals surface area contributed by atoms with Crippen LogP contribution >= 0.6 is 11.8 Å². The van der Waals surface area contributed by atoms with Gasteiger partial charge in [0.1, 0.15) is 10.9 Å². The number of hydrogen-bond donors (Lipinski definition) is 3. The normalized spacial score (nSPS) is 11.8. The number of amides is 3. The summed E-state index contributed by atoms with van der Waals surface area (Å²) < 4.78 is 0. The van der Waals surface area contributed by atoms with Crippen LogP contribution in [0.25, 0.3) is 16.8 Å². The summed E-state index contributed by atoms with van der Waals surface area (Å²) >= 11 is 1.39. The summed E-state index contributed by atoms with van der Waals surface area (Å²) in [7, 11) is 0. The predicted octanol–water partition coefficient (Wildman–Crippen LogP) is 9.03. The molecule has 6 aromatic rings. The minimum absolute atomic E-state index is 0.101. The zero-order chi connectivity index (χ0) is 33.3. The molecule has 1 unspecified atom stereocenters. The second kappa shape index (κ2) is 15.1. The summed E-state index contributed by atoms with van der Waals surface area (Å²) in [6.45, 7) is 1.97. The minimum Gasteiger partial charge on any atom is -0.324 e. The SMILES string of the molecule is Cc1cccc(/C=C(/NC(=O)c2ccccc2)C(=O)Nc2cccc(SC(C(=O)Nc3cccc4ccccc34)c3ccccc3)c2)c1. The van der Waals surface area contributed by atoms with E-state index in [-0.39, 0.29) is 11.6 Å². The Kier molecular flexibility index (Phi) is 10.1. The molecular weight excluding hydrogens is 615 g/mol. The highest BCUT2D eigenvalue weighted by atomic mass is 32.2. The summed E-state index contributed by atoms with van der Waals surface area (Å²) in [5, 5.41) is 10.3. The molecule has 48 heavy (non-hydrogen) atoms. The van der Waals surface area contributed by atoms with E-state index < -0.39 is 17.1 Å². The maximum Gasteiger partial charge on any atom is 0.272 e. The molecule has 7 heteroatoms. The molecule has 0 saturated heterocycles. The quantitative estimate of drug-likeness (QED) is 0.102. The van der Waals surface area contributed by atoms with Gasteiger partial charge < -0.3 is 16.0 Å². The van der Waals surface area contributed by atoms with Crippen LogP contribution in [0.5, 0.6) is 0 Å². The summed E-state index contributed by atoms with van der Waals surface area (Å²) in [6.07, 6.45) is 1.66. The zero-order valence-electron chi connectivity index (χ0n) is 26.2. The maximum absolute atomic E-state index is 13.9. The van der Waals surface area contributed by atoms with Crippen LogP contribution in [0.15, 0.2) is 162 Å². The zero-order valence-corrected chi connectivity index (χ0v) is 27.0. The van der Waals surface area contributed by atoms with E-state index in [9.17, 15) is 14.4 Å². The molecule has 0 fully saturated rings. The van der Waals surface area contributed by atoms with E-state index in [2.05, 4.69) is 16.0 Å². The number of rotatable bonds is 10. The Hall–Kier alpha value is -5.92. The van der Waals surface area contributed by atoms with Crippen LogP contribution in [-0.4, -0.2) is 17.7 Å². The van der Waals surface area contributed by atoms with Crippen molar-refractivity contribution < 1.29 is 14.4 Å². The first-order valence-electron chi connectivity index (χ1n) is 15.5. The molecule has 1 atom stereocenters. The van der Waals surface area contributed by atoms with Crippen molar-refractivity contribution in [1.29, 1.82) is 0 Å². The average Bonchev–Trinajstić information content (AvgIpc) is 3.11. The van der Waals surface area contributed by atoms with Gasteiger partial charge >= 0.3 is 0 Å². The third-order valence-electron chi connectivity index (χ3n) is 7.62. The Morgan fingerprint density at radius 3 is 2.15 bits per heavy atom. The van der Waals surface area contributed by atoms with Gasteiger partial charge in [0.05, 0.1) is 0 Å². The largest absolute Gasteiger partial charge is 0.324 e. The lowest BCUT2D eigenvalue weighted by atomic mass is 10.1. The molecule has 0 aliphatic carbocycles. The van der Waals surface area contributed by atoms with Crippen LogP contribution in [0.3, 0.4) is 0 Å². The molecule has 0 saturated carbocycles. The van der Waals surface area contributed by atoms with E-state index in [0.29, 0.717) is 11.3 Å². The molecule has 3 amide bonds. The summed E-state index contributed by atoms with van der Waals surface area (Å²) in [5.74, 6) is -1.03. The van der Waals surface area contributed by atoms with Crippen molar-refractivity contribution in [3.05, 3.63) is 180 Å². The molecule has 0 aromatic heterocycles. The molecule has 0 radical (unpaired) electrons. The molecule has 0 aliphatic heterocycles. The van der Waals surface area contributed by atoms with Gasteiger partial charge in [-0.25, -0.2) is 0 Å². The molecule has 236 valence electrons. The molecule has 0 heterocycles. The lowest BCUT2D eigenvalue weighted by Gasteiger charge is -2.18. The summed E-state index contributed by atoms with van der Waals surface area (Å²) in [4.78, 5) is 41.4. The molecule has 0 aliphatic rings. The molecule has 0 spiro atoms. The third-order valence-corrected chi connectivity index (χ3v) is 8.86. The number of benzene rings is 6. The van der Waals surface area contributed by atoms with Crippen LogP contribution in [0.4, 0.5) is 11.4 Å². The maximum atomic E-state index is 13.9. The number of anilines is 2. The molecule has 3 N–H and O–H groups in total. The first-order chi connectivity index (χ1) is 23.4. The Balaban J connectivity index is 1.24. The Labute approximate surface area is 283 Å². The fraction of sp³-hybridized carbons (Fsp3) is 0.0488. The molecule has 6 aromatic carbocycles. The van der Waals surface area contributed by atoms with E-state index in [0.717, 1.165) is 38.0 Å². The number of nitrogens with one attached hydrogen (secondary N) is 3. The van der Waals surface area contributed by atoms with Gasteiger partial charge in [-0.1, -0.05) is 121 Å². The van der Waals surface area contributed by atoms with Crippen LogP contribution in [0.2, 0.25) is 0 Å². The molecular formula is C41H33N3O3S. The van der Waals surface area contributed by atoms with E-state index in [1.807, 2.05) is 128 Å². The van der Waals surface area contributed by atoms with Gasteiger partial charge in [0.2, 0.25) is 5.91 Å². The van der Waals surface area contributed by atoms with Crippen molar-refractivity contribution in [2.24, 2.45) is 0 Å². The summed E-state index contributed by atoms with van der Waals surface area (Å²) in [6, 6.07) is 47.2. The van der Waals surface area contributed by atoms with Gasteiger partial charge in [-0.2, -0.15) is 0 Å². The third kappa shape index (κ3) is 8.07. The van der Waals surface area contributed by atoms with Crippen molar-refractivity contribution >= 4 is 57.7 Å². The Morgan fingerprint density at radius 1 is 0.667 bits per heavy atom. The Morgan fingerprint density at radius 2 is 1.35 bits per heavy atom. The van der Waals surface area contributed by atoms with Gasteiger partial charge in [0, 0.05) is 27.2 Å². The van der Waals surface area contributed by atoms with Gasteiger partial charge in [0.25, 0.3) is 11.8 Å². The van der Waals surface area contributed by atoms with Crippen molar-refractivity contribution in [2.75, 3.05) is 10.6 Å². The highest BCUT2D eigenvalue weighted by Crippen LogP contribution is 2.38. The summed E-state index contributed by atoms with van der Waals surface area (Å²) in [5.41, 5.74) is 4.46. The van der Waals surface area contributed by atoms with Crippen molar-refractivity contribution in [3.8, 4) is 0 Å². The van der Waals surface area contributed by atoms with E-state index >= 15 is 0 Å². The Bertz CT molecular complexity index is 2110. The number of aryl methyl sites for hydroxylation is 1. The van der Waals surface area contributed by atoms with Crippen LogP contribution in [0.1, 0.15) is 32.3 Å². The number of hydrogen-bond acceptors (Lipinski definition) is 4. The number of thioether (sulfide) groups is 1. The number of carbonyl (C=O) groups excluding carboxylic acids is 3. The van der Waals surface area contributed by atoms with E-state index in [4.69, 9.17) is 0 Å². The van der Waals surface area contributed by atoms with Gasteiger partial charge in [-0.05, 0) is 65.9 Å². The second-order valence-electron chi connectivity index (χ2n) is 11.2. The highest BCUT2D eigenvalue weighted by molar-refractivity contribution is 8.00. The minimum atomic E-state index is -0.571. The number of carbonyl (C=O) groups is 3. The standard InChI is InChI=1S/C41H33N3O3S/c1-28-13-10-14-29(25-28)26-37(44-39(45)32-18-6-3-7-19-32)40(46)42-33-21-12-22-34(27-33)48-38(31-16-4-2-5-17-31)41(47)43-36-24-11-20-30-15-8-9-23-35(30)36/h2-27,38H,1H3,(H,42,46)(H,43,47)(H,44,45)/b37-26+. The lowest BCUT2D eigenvalue weighted by molar-refractivity contribution is -0.116. The van der Waals surface area contributed by atoms with Gasteiger partial charge in [0.15, 0.2) is 0 Å². The second-order valence-corrected chi connectivity index (χ2v) is 12.4. The molecule has 0 bridgehead atoms. The molecule has 6 rings (SSSR count). The van der Waals surface area contributed by atoms with Crippen molar-refractivity contribution in [3.63, 3.8) is 0 Å². The lowest BCUT2D eigenvalue weighted by Crippen LogP contribution is -2.30. The first-order valence-corrected chi connectivity index (χ1v) is 16.4.